The van der Waals surface area contributed by atoms with E-state index in [0.717, 1.165) is 21.3 Å². The molecule has 0 bridgehead atoms. The first-order valence-electron chi connectivity index (χ1n) is 5.42. The molecule has 96 valence electrons. The van der Waals surface area contributed by atoms with E-state index < -0.39 is 0 Å². The first-order chi connectivity index (χ1) is 8.63. The van der Waals surface area contributed by atoms with Crippen molar-refractivity contribution in [2.45, 2.75) is 12.3 Å². The Balaban J connectivity index is 2.29. The fourth-order valence-corrected chi connectivity index (χ4v) is 3.03. The number of alkyl halides is 1. The lowest BCUT2D eigenvalue weighted by molar-refractivity contribution is 0.338. The van der Waals surface area contributed by atoms with Crippen LogP contribution in [0.2, 0.25) is 0 Å². The Bertz CT molecular complexity index is 540. The minimum absolute atomic E-state index is 0.259. The maximum Gasteiger partial charge on any atom is 0.173 e. The number of ether oxygens (including phenoxy) is 1. The molecular formula is C13H11Br2ClO2. The van der Waals surface area contributed by atoms with Crippen molar-refractivity contribution < 1.29 is 9.15 Å². The summed E-state index contributed by atoms with van der Waals surface area (Å²) in [5.41, 5.74) is 1.89. The molecule has 2 rings (SSSR count). The van der Waals surface area contributed by atoms with Crippen molar-refractivity contribution in [2.24, 2.45) is 0 Å². The third-order valence-corrected chi connectivity index (χ3v) is 4.22. The van der Waals surface area contributed by atoms with Gasteiger partial charge < -0.3 is 9.15 Å². The molecule has 1 heterocycles. The lowest BCUT2D eigenvalue weighted by atomic mass is 10.1. The van der Waals surface area contributed by atoms with Crippen LogP contribution in [-0.4, -0.2) is 6.61 Å². The number of hydrogen-bond donors (Lipinski definition) is 0. The van der Waals surface area contributed by atoms with E-state index in [-0.39, 0.29) is 5.38 Å². The molecule has 1 aromatic carbocycles. The van der Waals surface area contributed by atoms with Gasteiger partial charge in [0.05, 0.1) is 22.7 Å². The second-order valence-corrected chi connectivity index (χ2v) is 5.65. The van der Waals surface area contributed by atoms with E-state index in [0.29, 0.717) is 11.3 Å². The van der Waals surface area contributed by atoms with Crippen LogP contribution in [0, 0.1) is 0 Å². The average Bonchev–Trinajstić information content (AvgIpc) is 2.77. The summed E-state index contributed by atoms with van der Waals surface area (Å²) in [4.78, 5) is 0. The highest BCUT2D eigenvalue weighted by atomic mass is 79.9. The molecule has 2 nitrogen and oxygen atoms in total. The number of rotatable bonds is 4. The minimum atomic E-state index is -0.259. The molecule has 0 saturated heterocycles. The van der Waals surface area contributed by atoms with Gasteiger partial charge in [0.15, 0.2) is 4.67 Å². The smallest absolute Gasteiger partial charge is 0.173 e. The van der Waals surface area contributed by atoms with Crippen molar-refractivity contribution in [1.29, 1.82) is 0 Å². The summed E-state index contributed by atoms with van der Waals surface area (Å²) >= 11 is 13.2. The third kappa shape index (κ3) is 2.92. The summed E-state index contributed by atoms with van der Waals surface area (Å²) in [6.45, 7) is 2.59. The molecule has 5 heteroatoms. The van der Waals surface area contributed by atoms with Crippen molar-refractivity contribution in [3.8, 4) is 5.75 Å². The van der Waals surface area contributed by atoms with Gasteiger partial charge in [-0.1, -0.05) is 6.07 Å². The van der Waals surface area contributed by atoms with Gasteiger partial charge in [-0.05, 0) is 62.5 Å². The number of halogens is 3. The van der Waals surface area contributed by atoms with Crippen molar-refractivity contribution in [2.75, 3.05) is 6.61 Å². The van der Waals surface area contributed by atoms with Crippen LogP contribution in [0.3, 0.4) is 0 Å². The molecule has 0 aliphatic heterocycles. The molecule has 1 aromatic heterocycles. The Morgan fingerprint density at radius 1 is 1.33 bits per heavy atom. The van der Waals surface area contributed by atoms with Crippen LogP contribution in [0.25, 0.3) is 0 Å². The van der Waals surface area contributed by atoms with Crippen LogP contribution in [0.5, 0.6) is 5.75 Å². The topological polar surface area (TPSA) is 22.4 Å². The molecule has 0 fully saturated rings. The molecule has 18 heavy (non-hydrogen) atoms. The van der Waals surface area contributed by atoms with Crippen molar-refractivity contribution in [3.05, 3.63) is 50.8 Å². The van der Waals surface area contributed by atoms with E-state index in [4.69, 9.17) is 20.8 Å². The Kier molecular flexibility index (Phi) is 4.76. The van der Waals surface area contributed by atoms with Crippen LogP contribution in [0.4, 0.5) is 0 Å². The predicted molar refractivity (Wildman–Crippen MR) is 79.4 cm³/mol. The maximum absolute atomic E-state index is 6.43. The Labute approximate surface area is 128 Å². The summed E-state index contributed by atoms with van der Waals surface area (Å²) < 4.78 is 12.2. The molecule has 0 aliphatic carbocycles. The first-order valence-corrected chi connectivity index (χ1v) is 7.45. The SMILES string of the molecule is CCOc1ccc(C(Cl)c2ccoc2Br)cc1Br. The van der Waals surface area contributed by atoms with Crippen LogP contribution < -0.4 is 4.74 Å². The van der Waals surface area contributed by atoms with Gasteiger partial charge in [0.1, 0.15) is 5.75 Å². The zero-order valence-corrected chi connectivity index (χ0v) is 13.5. The van der Waals surface area contributed by atoms with E-state index in [1.54, 1.807) is 6.26 Å². The summed E-state index contributed by atoms with van der Waals surface area (Å²) in [6.07, 6.45) is 1.61. The van der Waals surface area contributed by atoms with Gasteiger partial charge in [-0.2, -0.15) is 0 Å². The van der Waals surface area contributed by atoms with Crippen LogP contribution >= 0.6 is 43.5 Å². The van der Waals surface area contributed by atoms with E-state index in [1.807, 2.05) is 31.2 Å². The predicted octanol–water partition coefficient (Wildman–Crippen LogP) is 5.53. The number of hydrogen-bond acceptors (Lipinski definition) is 2. The summed E-state index contributed by atoms with van der Waals surface area (Å²) in [7, 11) is 0. The second kappa shape index (κ2) is 6.13. The van der Waals surface area contributed by atoms with Crippen molar-refractivity contribution in [1.82, 2.24) is 0 Å². The van der Waals surface area contributed by atoms with Crippen molar-refractivity contribution >= 4 is 43.5 Å². The van der Waals surface area contributed by atoms with Gasteiger partial charge in [-0.25, -0.2) is 0 Å². The third-order valence-electron chi connectivity index (χ3n) is 2.47. The first kappa shape index (κ1) is 14.0. The molecular weight excluding hydrogens is 383 g/mol. The summed E-state index contributed by atoms with van der Waals surface area (Å²) in [6, 6.07) is 7.67. The fourth-order valence-electron chi connectivity index (χ4n) is 1.61. The van der Waals surface area contributed by atoms with Gasteiger partial charge in [0, 0.05) is 5.56 Å². The van der Waals surface area contributed by atoms with Crippen LogP contribution in [-0.2, 0) is 0 Å². The van der Waals surface area contributed by atoms with Crippen molar-refractivity contribution in [3.63, 3.8) is 0 Å². The highest BCUT2D eigenvalue weighted by Gasteiger charge is 2.17. The van der Waals surface area contributed by atoms with E-state index >= 15 is 0 Å². The van der Waals surface area contributed by atoms with Gasteiger partial charge in [-0.3, -0.25) is 0 Å². The average molecular weight is 394 g/mol. The zero-order chi connectivity index (χ0) is 13.1. The Morgan fingerprint density at radius 2 is 2.11 bits per heavy atom. The van der Waals surface area contributed by atoms with Gasteiger partial charge in [0.25, 0.3) is 0 Å². The van der Waals surface area contributed by atoms with Crippen LogP contribution in [0.1, 0.15) is 23.4 Å². The lowest BCUT2D eigenvalue weighted by Gasteiger charge is -2.11. The molecule has 0 N–H and O–H groups in total. The summed E-state index contributed by atoms with van der Waals surface area (Å²) in [5.74, 6) is 0.816. The quantitative estimate of drug-likeness (QED) is 0.636. The Morgan fingerprint density at radius 3 is 2.67 bits per heavy atom. The maximum atomic E-state index is 6.43. The minimum Gasteiger partial charge on any atom is -0.493 e. The fraction of sp³-hybridized carbons (Fsp3) is 0.231. The number of furan rings is 1. The van der Waals surface area contributed by atoms with Gasteiger partial charge in [0.2, 0.25) is 0 Å². The van der Waals surface area contributed by atoms with Crippen LogP contribution in [0.15, 0.2) is 44.1 Å². The largest absolute Gasteiger partial charge is 0.493 e. The molecule has 1 atom stereocenters. The van der Waals surface area contributed by atoms with Gasteiger partial charge in [-0.15, -0.1) is 11.6 Å². The van der Waals surface area contributed by atoms with E-state index in [9.17, 15) is 0 Å². The molecule has 0 spiro atoms. The molecule has 1 unspecified atom stereocenters. The second-order valence-electron chi connectivity index (χ2n) is 3.64. The van der Waals surface area contributed by atoms with Gasteiger partial charge >= 0.3 is 0 Å². The van der Waals surface area contributed by atoms with E-state index in [2.05, 4.69) is 31.9 Å². The molecule has 0 radical (unpaired) electrons. The molecule has 0 aliphatic rings. The monoisotopic (exact) mass is 392 g/mol. The normalized spacial score (nSPS) is 12.4. The Hall–Kier alpha value is -0.450. The molecule has 2 aromatic rings. The molecule has 0 amide bonds. The standard InChI is InChI=1S/C13H11Br2ClO2/c1-2-17-11-4-3-8(7-10(11)14)12(16)9-5-6-18-13(9)15/h3-7,12H,2H2,1H3. The zero-order valence-electron chi connectivity index (χ0n) is 9.62. The van der Waals surface area contributed by atoms with E-state index in [1.165, 1.54) is 0 Å². The lowest BCUT2D eigenvalue weighted by Crippen LogP contribution is -1.96. The highest BCUT2D eigenvalue weighted by molar-refractivity contribution is 9.10. The highest BCUT2D eigenvalue weighted by Crippen LogP contribution is 2.37. The number of benzene rings is 1. The summed E-state index contributed by atoms with van der Waals surface area (Å²) in [5, 5.41) is -0.259. The molecule has 0 saturated carbocycles.